The van der Waals surface area contributed by atoms with Gasteiger partial charge in [0.25, 0.3) is 0 Å². The zero-order valence-electron chi connectivity index (χ0n) is 19.2. The molecule has 1 fully saturated rings. The van der Waals surface area contributed by atoms with Crippen molar-refractivity contribution < 1.29 is 13.6 Å². The molecule has 2 aliphatic rings. The van der Waals surface area contributed by atoms with Crippen molar-refractivity contribution in [2.45, 2.75) is 35.7 Å². The van der Waals surface area contributed by atoms with E-state index in [9.17, 15) is 18.4 Å². The molecule has 1 amide bonds. The highest BCUT2D eigenvalue weighted by molar-refractivity contribution is 8.17. The molecule has 3 heterocycles. The molecular weight excluding hydrogens is 494 g/mol. The molecule has 1 unspecified atom stereocenters. The molecule has 5 rings (SSSR count). The number of amides is 1. The maximum absolute atomic E-state index is 14.9. The minimum atomic E-state index is -1.22. The number of aryl methyl sites for hydroxylation is 1. The van der Waals surface area contributed by atoms with Crippen molar-refractivity contribution in [3.8, 4) is 0 Å². The molecule has 2 atom stereocenters. The number of aromatic nitrogens is 2. The van der Waals surface area contributed by atoms with E-state index in [1.54, 1.807) is 21.6 Å². The van der Waals surface area contributed by atoms with Gasteiger partial charge in [-0.15, -0.1) is 0 Å². The summed E-state index contributed by atoms with van der Waals surface area (Å²) < 4.78 is 30.2. The third-order valence-corrected chi connectivity index (χ3v) is 9.49. The Balaban J connectivity index is 1.69. The zero-order valence-corrected chi connectivity index (χ0v) is 20.8. The molecule has 35 heavy (non-hydrogen) atoms. The zero-order chi connectivity index (χ0) is 24.9. The number of nitrogens with zero attached hydrogens (tertiary/aromatic N) is 4. The summed E-state index contributed by atoms with van der Waals surface area (Å²) in [4.78, 5) is 34.8. The van der Waals surface area contributed by atoms with Crippen molar-refractivity contribution >= 4 is 45.1 Å². The molecule has 2 aromatic carbocycles. The predicted octanol–water partition coefficient (Wildman–Crippen LogP) is 4.37. The number of anilines is 1. The maximum atomic E-state index is 14.9. The largest absolute Gasteiger partial charge is 0.350 e. The fourth-order valence-electron chi connectivity index (χ4n) is 5.04. The van der Waals surface area contributed by atoms with Crippen LogP contribution in [0.25, 0.3) is 10.9 Å². The molecule has 0 bridgehead atoms. The van der Waals surface area contributed by atoms with Gasteiger partial charge in [-0.1, -0.05) is 18.2 Å². The third kappa shape index (κ3) is 4.21. The Morgan fingerprint density at radius 3 is 2.71 bits per heavy atom. The van der Waals surface area contributed by atoms with Gasteiger partial charge in [0.1, 0.15) is 17.5 Å². The molecular formula is C25H25ClF2N4O2S. The summed E-state index contributed by atoms with van der Waals surface area (Å²) in [6, 6.07) is 7.17. The first-order valence-electron chi connectivity index (χ1n) is 11.4. The number of benzene rings is 2. The van der Waals surface area contributed by atoms with E-state index in [-0.39, 0.29) is 17.6 Å². The third-order valence-electron chi connectivity index (χ3n) is 6.64. The van der Waals surface area contributed by atoms with Crippen molar-refractivity contribution in [1.29, 1.82) is 0 Å². The van der Waals surface area contributed by atoms with Crippen molar-refractivity contribution in [3.05, 3.63) is 70.1 Å². The Hall–Kier alpha value is -2.91. The quantitative estimate of drug-likeness (QED) is 0.413. The molecule has 6 nitrogen and oxygen atoms in total. The summed E-state index contributed by atoms with van der Waals surface area (Å²) >= 11 is 6.58. The fourth-order valence-corrected chi connectivity index (χ4v) is 7.90. The number of rotatable bonds is 3. The standard InChI is InChI=1S/C25H25ClF2N4O2S/c1-3-22(33)30-8-9-31(15(2)14-30)24-18-11-16(26)12-21-23(18)32(25(34)29-24)7-4-10-35(21)20-6-5-17(27)13-19(20)28/h3,5-6,11-13,15,35H,1,4,7-10,14H2,2H3/t15-/m0/s1. The minimum absolute atomic E-state index is 0.0952. The first-order valence-corrected chi connectivity index (χ1v) is 13.3. The number of halogens is 3. The Morgan fingerprint density at radius 1 is 1.20 bits per heavy atom. The summed E-state index contributed by atoms with van der Waals surface area (Å²) in [5.41, 5.74) is 0.331. The lowest BCUT2D eigenvalue weighted by atomic mass is 10.1. The molecule has 0 N–H and O–H groups in total. The number of carbonyl (C=O) groups excluding carboxylic acids is 1. The highest BCUT2D eigenvalue weighted by Crippen LogP contribution is 2.51. The Morgan fingerprint density at radius 2 is 2.00 bits per heavy atom. The fraction of sp³-hybridized carbons (Fsp3) is 0.320. The first-order chi connectivity index (χ1) is 16.8. The van der Waals surface area contributed by atoms with Crippen LogP contribution in [0, 0.1) is 11.6 Å². The molecule has 0 radical (unpaired) electrons. The summed E-state index contributed by atoms with van der Waals surface area (Å²) in [5, 5.41) is 1.19. The molecule has 1 aromatic heterocycles. The van der Waals surface area contributed by atoms with Crippen LogP contribution in [-0.2, 0) is 11.3 Å². The molecule has 2 aliphatic heterocycles. The van der Waals surface area contributed by atoms with E-state index >= 15 is 0 Å². The van der Waals surface area contributed by atoms with Crippen LogP contribution in [-0.4, -0.2) is 51.8 Å². The van der Waals surface area contributed by atoms with E-state index in [2.05, 4.69) is 11.6 Å². The number of hydrogen-bond donors (Lipinski definition) is 1. The topological polar surface area (TPSA) is 58.4 Å². The van der Waals surface area contributed by atoms with E-state index in [1.165, 1.54) is 18.2 Å². The molecule has 0 saturated carbocycles. The molecule has 10 heteroatoms. The number of carbonyl (C=O) groups is 1. The summed E-state index contributed by atoms with van der Waals surface area (Å²) in [5.74, 6) is -0.195. The molecule has 184 valence electrons. The average Bonchev–Trinajstić information content (AvgIpc) is 3.01. The lowest BCUT2D eigenvalue weighted by Gasteiger charge is -2.40. The van der Waals surface area contributed by atoms with Crippen LogP contribution in [0.1, 0.15) is 13.3 Å². The normalized spacial score (nSPS) is 21.1. The molecule has 1 saturated heterocycles. The van der Waals surface area contributed by atoms with E-state index in [1.807, 2.05) is 11.8 Å². The van der Waals surface area contributed by atoms with E-state index < -0.39 is 22.5 Å². The summed E-state index contributed by atoms with van der Waals surface area (Å²) in [6.07, 6.45) is 1.96. The van der Waals surface area contributed by atoms with Gasteiger partial charge in [-0.3, -0.25) is 9.36 Å². The van der Waals surface area contributed by atoms with Gasteiger partial charge in [-0.25, -0.2) is 13.6 Å². The van der Waals surface area contributed by atoms with Gasteiger partial charge in [-0.2, -0.15) is 15.9 Å². The van der Waals surface area contributed by atoms with Crippen LogP contribution >= 0.6 is 22.5 Å². The Bertz CT molecular complexity index is 1410. The molecule has 0 spiro atoms. The highest BCUT2D eigenvalue weighted by atomic mass is 35.5. The van der Waals surface area contributed by atoms with Gasteiger partial charge in [-0.05, 0) is 49.4 Å². The number of thiol groups is 1. The van der Waals surface area contributed by atoms with E-state index in [0.29, 0.717) is 59.6 Å². The summed E-state index contributed by atoms with van der Waals surface area (Å²) in [6.45, 7) is 7.44. The smallest absolute Gasteiger partial charge is 0.350 e. The Labute approximate surface area is 209 Å². The second-order valence-corrected chi connectivity index (χ2v) is 11.5. The van der Waals surface area contributed by atoms with E-state index in [4.69, 9.17) is 11.6 Å². The van der Waals surface area contributed by atoms with Crippen molar-refractivity contribution in [3.63, 3.8) is 0 Å². The van der Waals surface area contributed by atoms with Gasteiger partial charge in [0.15, 0.2) is 0 Å². The van der Waals surface area contributed by atoms with Gasteiger partial charge in [0.2, 0.25) is 5.91 Å². The first kappa shape index (κ1) is 23.8. The van der Waals surface area contributed by atoms with Gasteiger partial charge >= 0.3 is 5.69 Å². The highest BCUT2D eigenvalue weighted by Gasteiger charge is 2.31. The average molecular weight is 519 g/mol. The number of piperazine rings is 1. The monoisotopic (exact) mass is 518 g/mol. The second-order valence-electron chi connectivity index (χ2n) is 8.82. The van der Waals surface area contributed by atoms with Crippen LogP contribution in [0.2, 0.25) is 5.02 Å². The van der Waals surface area contributed by atoms with Gasteiger partial charge < -0.3 is 9.80 Å². The van der Waals surface area contributed by atoms with Crippen molar-refractivity contribution in [1.82, 2.24) is 14.5 Å². The maximum Gasteiger partial charge on any atom is 0.350 e. The lowest BCUT2D eigenvalue weighted by molar-refractivity contribution is -0.126. The Kier molecular flexibility index (Phi) is 6.31. The SMILES string of the molecule is C=CC(=O)N1CCN(c2nc(=O)n3c4c(cc(Cl)cc24)[SH](c2ccc(F)cc2F)CCC3)[C@@H](C)C1. The van der Waals surface area contributed by atoms with Gasteiger partial charge in [0, 0.05) is 58.5 Å². The van der Waals surface area contributed by atoms with Crippen LogP contribution in [0.4, 0.5) is 14.6 Å². The molecule has 0 aliphatic carbocycles. The lowest BCUT2D eigenvalue weighted by Crippen LogP contribution is -2.54. The van der Waals surface area contributed by atoms with Crippen LogP contribution in [0.15, 0.2) is 57.6 Å². The van der Waals surface area contributed by atoms with Crippen molar-refractivity contribution in [2.24, 2.45) is 0 Å². The van der Waals surface area contributed by atoms with Crippen LogP contribution < -0.4 is 10.6 Å². The number of hydrogen-bond acceptors (Lipinski definition) is 4. The summed E-state index contributed by atoms with van der Waals surface area (Å²) in [7, 11) is -1.22. The minimum Gasteiger partial charge on any atom is -0.350 e. The van der Waals surface area contributed by atoms with Gasteiger partial charge in [0.05, 0.1) is 5.52 Å². The van der Waals surface area contributed by atoms with Crippen LogP contribution in [0.5, 0.6) is 0 Å². The second kappa shape index (κ2) is 9.28. The van der Waals surface area contributed by atoms with Crippen LogP contribution in [0.3, 0.4) is 0 Å². The van der Waals surface area contributed by atoms with Crippen molar-refractivity contribution in [2.75, 3.05) is 30.3 Å². The predicted molar refractivity (Wildman–Crippen MR) is 136 cm³/mol. The van der Waals surface area contributed by atoms with E-state index in [0.717, 1.165) is 16.3 Å². The molecule has 3 aromatic rings.